The number of aromatic nitrogens is 3. The van der Waals surface area contributed by atoms with E-state index in [9.17, 15) is 9.59 Å². The van der Waals surface area contributed by atoms with E-state index in [1.807, 2.05) is 6.92 Å². The fraction of sp³-hybridized carbons (Fsp3) is 0.733. The zero-order valence-corrected chi connectivity index (χ0v) is 13.4. The van der Waals surface area contributed by atoms with Crippen molar-refractivity contribution in [2.45, 2.75) is 44.8 Å². The Morgan fingerprint density at radius 3 is 2.43 bits per heavy atom. The van der Waals surface area contributed by atoms with Crippen LogP contribution < -0.4 is 0 Å². The van der Waals surface area contributed by atoms with Gasteiger partial charge in [-0.05, 0) is 38.5 Å². The maximum atomic E-state index is 12.5. The molecule has 0 spiro atoms. The third kappa shape index (κ3) is 3.08. The van der Waals surface area contributed by atoms with Gasteiger partial charge in [-0.2, -0.15) is 0 Å². The van der Waals surface area contributed by atoms with Crippen LogP contribution >= 0.6 is 0 Å². The minimum atomic E-state index is -0.877. The summed E-state index contributed by atoms with van der Waals surface area (Å²) < 4.78 is 7.23. The van der Waals surface area contributed by atoms with E-state index < -0.39 is 12.1 Å². The van der Waals surface area contributed by atoms with Crippen molar-refractivity contribution in [2.75, 3.05) is 13.1 Å². The average molecular weight is 322 g/mol. The molecule has 23 heavy (non-hydrogen) atoms. The Morgan fingerprint density at radius 2 is 1.91 bits per heavy atom. The minimum Gasteiger partial charge on any atom is -0.479 e. The number of aryl methyl sites for hydroxylation is 1. The van der Waals surface area contributed by atoms with Gasteiger partial charge in [0.05, 0.1) is 11.8 Å². The van der Waals surface area contributed by atoms with Gasteiger partial charge in [-0.15, -0.1) is 5.10 Å². The normalized spacial score (nSPS) is 25.7. The van der Waals surface area contributed by atoms with Crippen LogP contribution in [0.15, 0.2) is 0 Å². The van der Waals surface area contributed by atoms with Gasteiger partial charge < -0.3 is 14.7 Å². The molecule has 2 aliphatic rings. The van der Waals surface area contributed by atoms with Gasteiger partial charge in [0, 0.05) is 20.1 Å². The zero-order chi connectivity index (χ0) is 16.6. The molecule has 126 valence electrons. The van der Waals surface area contributed by atoms with E-state index in [1.54, 1.807) is 16.6 Å². The summed E-state index contributed by atoms with van der Waals surface area (Å²) in [6.45, 7) is 3.13. The Balaban J connectivity index is 1.55. The van der Waals surface area contributed by atoms with E-state index in [0.717, 1.165) is 25.0 Å². The third-order valence-electron chi connectivity index (χ3n) is 4.99. The SMILES string of the molecule is Cc1c(C(=O)N2CCC([C@@H]3CC[C@H](C(=O)O)O3)CC2)nnn1C. The second-order valence-electron chi connectivity index (χ2n) is 6.36. The van der Waals surface area contributed by atoms with E-state index in [0.29, 0.717) is 31.1 Å². The Kier molecular flexibility index (Phi) is 4.34. The second kappa shape index (κ2) is 6.27. The molecule has 8 heteroatoms. The van der Waals surface area contributed by atoms with Crippen molar-refractivity contribution in [1.29, 1.82) is 0 Å². The van der Waals surface area contributed by atoms with Gasteiger partial charge in [-0.1, -0.05) is 5.21 Å². The van der Waals surface area contributed by atoms with Crippen LogP contribution in [0, 0.1) is 12.8 Å². The fourth-order valence-electron chi connectivity index (χ4n) is 3.42. The maximum Gasteiger partial charge on any atom is 0.332 e. The van der Waals surface area contributed by atoms with Crippen molar-refractivity contribution in [3.8, 4) is 0 Å². The molecule has 0 bridgehead atoms. The molecule has 0 unspecified atom stereocenters. The van der Waals surface area contributed by atoms with Crippen LogP contribution in [0.1, 0.15) is 41.9 Å². The Morgan fingerprint density at radius 1 is 1.22 bits per heavy atom. The van der Waals surface area contributed by atoms with Crippen LogP contribution in [0.25, 0.3) is 0 Å². The van der Waals surface area contributed by atoms with E-state index in [4.69, 9.17) is 9.84 Å². The fourth-order valence-corrected chi connectivity index (χ4v) is 3.42. The number of carbonyl (C=O) groups is 2. The van der Waals surface area contributed by atoms with Crippen molar-refractivity contribution >= 4 is 11.9 Å². The molecule has 2 fully saturated rings. The van der Waals surface area contributed by atoms with Crippen LogP contribution in [0.3, 0.4) is 0 Å². The number of rotatable bonds is 3. The molecule has 3 heterocycles. The van der Waals surface area contributed by atoms with Gasteiger partial charge >= 0.3 is 5.97 Å². The summed E-state index contributed by atoms with van der Waals surface area (Å²) in [5.74, 6) is -0.630. The number of aliphatic carboxylic acids is 1. The number of hydrogen-bond donors (Lipinski definition) is 1. The highest BCUT2D eigenvalue weighted by Crippen LogP contribution is 2.32. The molecule has 0 radical (unpaired) electrons. The minimum absolute atomic E-state index is 0.00612. The smallest absolute Gasteiger partial charge is 0.332 e. The Bertz CT molecular complexity index is 607. The summed E-state index contributed by atoms with van der Waals surface area (Å²) >= 11 is 0. The molecular weight excluding hydrogens is 300 g/mol. The van der Waals surface area contributed by atoms with E-state index in [-0.39, 0.29) is 12.0 Å². The first-order chi connectivity index (χ1) is 11.0. The van der Waals surface area contributed by atoms with Crippen LogP contribution in [0.5, 0.6) is 0 Å². The number of likely N-dealkylation sites (tertiary alicyclic amines) is 1. The molecule has 1 aromatic rings. The molecule has 0 aromatic carbocycles. The predicted octanol–water partition coefficient (Wildman–Crippen LogP) is 0.608. The number of piperidine rings is 1. The summed E-state index contributed by atoms with van der Waals surface area (Å²) in [6.07, 6.45) is 2.38. The van der Waals surface area contributed by atoms with E-state index >= 15 is 0 Å². The van der Waals surface area contributed by atoms with Crippen molar-refractivity contribution in [3.63, 3.8) is 0 Å². The summed E-state index contributed by atoms with van der Waals surface area (Å²) in [6, 6.07) is 0. The highest BCUT2D eigenvalue weighted by molar-refractivity contribution is 5.93. The molecule has 0 aliphatic carbocycles. The molecule has 2 atom stereocenters. The summed E-state index contributed by atoms with van der Waals surface area (Å²) in [7, 11) is 1.77. The highest BCUT2D eigenvalue weighted by atomic mass is 16.5. The van der Waals surface area contributed by atoms with Gasteiger partial charge in [-0.3, -0.25) is 9.48 Å². The molecule has 1 aromatic heterocycles. The first-order valence-corrected chi connectivity index (χ1v) is 8.01. The molecule has 0 saturated carbocycles. The topological polar surface area (TPSA) is 97.6 Å². The van der Waals surface area contributed by atoms with Crippen molar-refractivity contribution in [2.24, 2.45) is 13.0 Å². The van der Waals surface area contributed by atoms with Gasteiger partial charge in [0.2, 0.25) is 0 Å². The predicted molar refractivity (Wildman–Crippen MR) is 79.9 cm³/mol. The Hall–Kier alpha value is -1.96. The lowest BCUT2D eigenvalue weighted by atomic mass is 9.89. The summed E-state index contributed by atoms with van der Waals surface area (Å²) in [4.78, 5) is 25.3. The molecule has 2 aliphatic heterocycles. The van der Waals surface area contributed by atoms with E-state index in [1.165, 1.54) is 0 Å². The lowest BCUT2D eigenvalue weighted by Crippen LogP contribution is -2.41. The molecule has 1 N–H and O–H groups in total. The van der Waals surface area contributed by atoms with Crippen LogP contribution in [0.2, 0.25) is 0 Å². The lowest BCUT2D eigenvalue weighted by Gasteiger charge is -2.34. The molecular formula is C15H22N4O4. The molecule has 2 saturated heterocycles. The highest BCUT2D eigenvalue weighted by Gasteiger charge is 2.37. The standard InChI is InChI=1S/C15H22N4O4/c1-9-13(16-17-18(9)2)14(20)19-7-5-10(6-8-19)11-3-4-12(23-11)15(21)22/h10-12H,3-8H2,1-2H3,(H,21,22)/t11-,12+/m0/s1. The number of amides is 1. The number of carboxylic acid groups (broad SMARTS) is 1. The van der Waals surface area contributed by atoms with Crippen LogP contribution in [-0.2, 0) is 16.6 Å². The number of ether oxygens (including phenoxy) is 1. The van der Waals surface area contributed by atoms with Gasteiger partial charge in [0.1, 0.15) is 0 Å². The van der Waals surface area contributed by atoms with Gasteiger partial charge in [0.15, 0.2) is 11.8 Å². The number of hydrogen-bond acceptors (Lipinski definition) is 5. The first-order valence-electron chi connectivity index (χ1n) is 8.01. The van der Waals surface area contributed by atoms with Gasteiger partial charge in [0.25, 0.3) is 5.91 Å². The molecule has 3 rings (SSSR count). The van der Waals surface area contributed by atoms with Crippen molar-refractivity contribution in [3.05, 3.63) is 11.4 Å². The zero-order valence-electron chi connectivity index (χ0n) is 13.4. The quantitative estimate of drug-likeness (QED) is 0.875. The van der Waals surface area contributed by atoms with Crippen molar-refractivity contribution in [1.82, 2.24) is 19.9 Å². The summed E-state index contributed by atoms with van der Waals surface area (Å²) in [5.41, 5.74) is 1.18. The second-order valence-corrected chi connectivity index (χ2v) is 6.36. The average Bonchev–Trinajstić information content (AvgIpc) is 3.16. The monoisotopic (exact) mass is 322 g/mol. The molecule has 1 amide bonds. The van der Waals surface area contributed by atoms with Crippen LogP contribution in [0.4, 0.5) is 0 Å². The maximum absolute atomic E-state index is 12.5. The number of carboxylic acids is 1. The largest absolute Gasteiger partial charge is 0.479 e. The Labute approximate surface area is 134 Å². The molecule has 8 nitrogen and oxygen atoms in total. The number of nitrogens with zero attached hydrogens (tertiary/aromatic N) is 4. The first kappa shape index (κ1) is 15.9. The third-order valence-corrected chi connectivity index (χ3v) is 4.99. The van der Waals surface area contributed by atoms with Crippen molar-refractivity contribution < 1.29 is 19.4 Å². The number of carbonyl (C=O) groups excluding carboxylic acids is 1. The summed E-state index contributed by atoms with van der Waals surface area (Å²) in [5, 5.41) is 16.8. The lowest BCUT2D eigenvalue weighted by molar-refractivity contribution is -0.150. The van der Waals surface area contributed by atoms with Gasteiger partial charge in [-0.25, -0.2) is 4.79 Å². The van der Waals surface area contributed by atoms with E-state index in [2.05, 4.69) is 10.3 Å². The van der Waals surface area contributed by atoms with Crippen LogP contribution in [-0.4, -0.2) is 62.2 Å².